The first-order chi connectivity index (χ1) is 14.3. The fourth-order valence-corrected chi connectivity index (χ4v) is 5.12. The number of primary sulfonamides is 1. The van der Waals surface area contributed by atoms with Gasteiger partial charge in [-0.3, -0.25) is 4.79 Å². The quantitative estimate of drug-likeness (QED) is 0.654. The second kappa shape index (κ2) is 9.15. The predicted molar refractivity (Wildman–Crippen MR) is 115 cm³/mol. The Morgan fingerprint density at radius 3 is 2.27 bits per heavy atom. The summed E-state index contributed by atoms with van der Waals surface area (Å²) in [7, 11) is 0.923. The number of nitrogens with zero attached hydrogens (tertiary/aromatic N) is 1. The van der Waals surface area contributed by atoms with Crippen LogP contribution in [0.5, 0.6) is 17.2 Å². The number of ether oxygens (including phenoxy) is 3. The summed E-state index contributed by atoms with van der Waals surface area (Å²) in [5, 5.41) is 4.91. The van der Waals surface area contributed by atoms with Gasteiger partial charge in [-0.25, -0.2) is 13.6 Å². The van der Waals surface area contributed by atoms with E-state index >= 15 is 0 Å². The molecule has 2 N–H and O–H groups in total. The Kier molecular flexibility index (Phi) is 6.79. The van der Waals surface area contributed by atoms with Crippen molar-refractivity contribution in [2.45, 2.75) is 16.7 Å². The van der Waals surface area contributed by atoms with E-state index in [-0.39, 0.29) is 16.2 Å². The highest BCUT2D eigenvalue weighted by Crippen LogP contribution is 2.48. The SMILES string of the molecule is COc1ccc(C2SCC(=O)N2CCc2ccc(S(N)(=O)=O)cc2)c(OC)c1OC. The minimum atomic E-state index is -3.73. The number of nitrogens with two attached hydrogens (primary N) is 1. The van der Waals surface area contributed by atoms with E-state index in [4.69, 9.17) is 19.3 Å². The molecule has 0 aliphatic carbocycles. The molecule has 1 fully saturated rings. The molecular weight excluding hydrogens is 428 g/mol. The molecule has 10 heteroatoms. The number of methoxy groups -OCH3 is 3. The number of carbonyl (C=O) groups excluding carboxylic acids is 1. The minimum Gasteiger partial charge on any atom is -0.493 e. The van der Waals surface area contributed by atoms with E-state index in [1.807, 2.05) is 6.07 Å². The first-order valence-corrected chi connectivity index (χ1v) is 11.7. The summed E-state index contributed by atoms with van der Waals surface area (Å²) in [5.74, 6) is 1.96. The lowest BCUT2D eigenvalue weighted by Crippen LogP contribution is -2.30. The van der Waals surface area contributed by atoms with Crippen LogP contribution in [0.3, 0.4) is 0 Å². The molecule has 1 saturated heterocycles. The van der Waals surface area contributed by atoms with Gasteiger partial charge in [0.05, 0.1) is 32.0 Å². The topological polar surface area (TPSA) is 108 Å². The molecule has 0 radical (unpaired) electrons. The number of thioether (sulfide) groups is 1. The number of rotatable bonds is 8. The van der Waals surface area contributed by atoms with Crippen molar-refractivity contribution in [3.05, 3.63) is 47.5 Å². The normalized spacial score (nSPS) is 16.6. The van der Waals surface area contributed by atoms with Crippen LogP contribution in [0.15, 0.2) is 41.3 Å². The van der Waals surface area contributed by atoms with Gasteiger partial charge in [0.1, 0.15) is 5.37 Å². The van der Waals surface area contributed by atoms with Crippen LogP contribution in [-0.2, 0) is 21.2 Å². The zero-order valence-corrected chi connectivity index (χ0v) is 18.6. The van der Waals surface area contributed by atoms with Crippen LogP contribution in [0.2, 0.25) is 0 Å². The molecule has 1 aliphatic heterocycles. The fourth-order valence-electron chi connectivity index (χ4n) is 3.37. The summed E-state index contributed by atoms with van der Waals surface area (Å²) in [5.41, 5.74) is 1.74. The second-order valence-electron chi connectivity index (χ2n) is 6.61. The second-order valence-corrected chi connectivity index (χ2v) is 9.24. The Bertz CT molecular complexity index is 1020. The lowest BCUT2D eigenvalue weighted by atomic mass is 10.1. The summed E-state index contributed by atoms with van der Waals surface area (Å²) >= 11 is 1.52. The van der Waals surface area contributed by atoms with E-state index in [1.54, 1.807) is 44.4 Å². The van der Waals surface area contributed by atoms with Crippen LogP contribution in [0.25, 0.3) is 0 Å². The number of hydrogen-bond donors (Lipinski definition) is 1. The molecule has 1 amide bonds. The monoisotopic (exact) mass is 452 g/mol. The third-order valence-electron chi connectivity index (χ3n) is 4.86. The lowest BCUT2D eigenvalue weighted by molar-refractivity contribution is -0.128. The molecule has 1 aliphatic rings. The maximum atomic E-state index is 12.6. The maximum absolute atomic E-state index is 12.6. The van der Waals surface area contributed by atoms with Gasteiger partial charge >= 0.3 is 0 Å². The van der Waals surface area contributed by atoms with Gasteiger partial charge in [0.25, 0.3) is 0 Å². The van der Waals surface area contributed by atoms with E-state index in [0.29, 0.717) is 36.0 Å². The summed E-state index contributed by atoms with van der Waals surface area (Å²) in [6, 6.07) is 10.0. The number of benzene rings is 2. The van der Waals surface area contributed by atoms with Crippen molar-refractivity contribution in [2.24, 2.45) is 5.14 Å². The third-order valence-corrected chi connectivity index (χ3v) is 7.03. The van der Waals surface area contributed by atoms with Crippen LogP contribution < -0.4 is 19.3 Å². The van der Waals surface area contributed by atoms with E-state index in [1.165, 1.54) is 23.9 Å². The van der Waals surface area contributed by atoms with E-state index in [9.17, 15) is 13.2 Å². The van der Waals surface area contributed by atoms with Gasteiger partial charge < -0.3 is 19.1 Å². The van der Waals surface area contributed by atoms with Crippen LogP contribution >= 0.6 is 11.8 Å². The molecule has 1 heterocycles. The molecule has 1 unspecified atom stereocenters. The zero-order chi connectivity index (χ0) is 21.9. The van der Waals surface area contributed by atoms with Gasteiger partial charge in [-0.15, -0.1) is 11.8 Å². The smallest absolute Gasteiger partial charge is 0.238 e. The first-order valence-electron chi connectivity index (χ1n) is 9.11. The molecule has 1 atom stereocenters. The van der Waals surface area contributed by atoms with Crippen molar-refractivity contribution in [1.29, 1.82) is 0 Å². The van der Waals surface area contributed by atoms with E-state index in [2.05, 4.69) is 0 Å². The van der Waals surface area contributed by atoms with Gasteiger partial charge in [-0.2, -0.15) is 0 Å². The Balaban J connectivity index is 1.83. The minimum absolute atomic E-state index is 0.0306. The molecule has 3 rings (SSSR count). The summed E-state index contributed by atoms with van der Waals surface area (Å²) < 4.78 is 39.2. The molecule has 0 saturated carbocycles. The number of carbonyl (C=O) groups is 1. The van der Waals surface area contributed by atoms with Gasteiger partial charge in [0.2, 0.25) is 21.7 Å². The van der Waals surface area contributed by atoms with E-state index in [0.717, 1.165) is 11.1 Å². The van der Waals surface area contributed by atoms with Crippen molar-refractivity contribution < 1.29 is 27.4 Å². The molecule has 162 valence electrons. The van der Waals surface area contributed by atoms with Crippen molar-refractivity contribution in [3.63, 3.8) is 0 Å². The molecular formula is C20H24N2O6S2. The van der Waals surface area contributed by atoms with Crippen LogP contribution in [0, 0.1) is 0 Å². The third kappa shape index (κ3) is 4.50. The van der Waals surface area contributed by atoms with Crippen LogP contribution in [0.4, 0.5) is 0 Å². The number of sulfonamides is 1. The Labute approximate surface area is 180 Å². The van der Waals surface area contributed by atoms with Crippen molar-refractivity contribution in [1.82, 2.24) is 4.90 Å². The highest BCUT2D eigenvalue weighted by molar-refractivity contribution is 8.00. The molecule has 0 spiro atoms. The highest BCUT2D eigenvalue weighted by atomic mass is 32.2. The summed E-state index contributed by atoms with van der Waals surface area (Å²) in [4.78, 5) is 14.4. The number of hydrogen-bond acceptors (Lipinski definition) is 7. The largest absolute Gasteiger partial charge is 0.493 e. The zero-order valence-electron chi connectivity index (χ0n) is 17.0. The van der Waals surface area contributed by atoms with Crippen molar-refractivity contribution in [3.8, 4) is 17.2 Å². The molecule has 2 aromatic rings. The van der Waals surface area contributed by atoms with Crippen molar-refractivity contribution >= 4 is 27.7 Å². The van der Waals surface area contributed by atoms with E-state index < -0.39 is 10.0 Å². The average Bonchev–Trinajstić information content (AvgIpc) is 3.10. The molecule has 0 bridgehead atoms. The van der Waals surface area contributed by atoms with Crippen LogP contribution in [0.1, 0.15) is 16.5 Å². The Hall–Kier alpha value is -2.43. The molecule has 2 aromatic carbocycles. The fraction of sp³-hybridized carbons (Fsp3) is 0.350. The van der Waals surface area contributed by atoms with Crippen molar-refractivity contribution in [2.75, 3.05) is 33.6 Å². The Morgan fingerprint density at radius 2 is 1.70 bits per heavy atom. The lowest BCUT2D eigenvalue weighted by Gasteiger charge is -2.26. The molecule has 0 aromatic heterocycles. The van der Waals surface area contributed by atoms with Gasteiger partial charge in [0, 0.05) is 12.1 Å². The van der Waals surface area contributed by atoms with Gasteiger partial charge in [0.15, 0.2) is 11.5 Å². The van der Waals surface area contributed by atoms with Crippen LogP contribution in [-0.4, -0.2) is 52.9 Å². The predicted octanol–water partition coefficient (Wildman–Crippen LogP) is 2.18. The maximum Gasteiger partial charge on any atom is 0.238 e. The Morgan fingerprint density at radius 1 is 1.03 bits per heavy atom. The molecule has 30 heavy (non-hydrogen) atoms. The molecule has 8 nitrogen and oxygen atoms in total. The highest BCUT2D eigenvalue weighted by Gasteiger charge is 2.35. The van der Waals surface area contributed by atoms with Gasteiger partial charge in [-0.1, -0.05) is 12.1 Å². The summed E-state index contributed by atoms with van der Waals surface area (Å²) in [6.45, 7) is 0.475. The first kappa shape index (κ1) is 22.3. The average molecular weight is 453 g/mol. The number of amides is 1. The van der Waals surface area contributed by atoms with Gasteiger partial charge in [-0.05, 0) is 36.2 Å². The standard InChI is InChI=1S/C20H24N2O6S2/c1-26-16-9-8-15(18(27-2)19(16)28-3)20-22(17(23)12-29-20)11-10-13-4-6-14(7-5-13)30(21,24)25/h4-9,20H,10-12H2,1-3H3,(H2,21,24,25). The summed E-state index contributed by atoms with van der Waals surface area (Å²) in [6.07, 6.45) is 0.573.